The largest absolute Gasteiger partial charge is 0.481 e. The third-order valence-electron chi connectivity index (χ3n) is 3.18. The number of benzene rings is 1. The summed E-state index contributed by atoms with van der Waals surface area (Å²) in [6.45, 7) is 0.784. The van der Waals surface area contributed by atoms with Crippen LogP contribution in [0.15, 0.2) is 30.3 Å². The summed E-state index contributed by atoms with van der Waals surface area (Å²) in [5.74, 6) is -1.44. The van der Waals surface area contributed by atoms with Crippen LogP contribution in [0.4, 0.5) is 5.69 Å². The third-order valence-corrected chi connectivity index (χ3v) is 3.18. The van der Waals surface area contributed by atoms with Gasteiger partial charge in [-0.2, -0.15) is 0 Å². The number of nitrogens with zero attached hydrogens (tertiary/aromatic N) is 1. The van der Waals surface area contributed by atoms with Gasteiger partial charge in [0.1, 0.15) is 0 Å². The Morgan fingerprint density at radius 3 is 2.84 bits per heavy atom. The van der Waals surface area contributed by atoms with Crippen LogP contribution in [0.2, 0.25) is 0 Å². The van der Waals surface area contributed by atoms with Crippen molar-refractivity contribution in [1.82, 2.24) is 4.90 Å². The van der Waals surface area contributed by atoms with Crippen molar-refractivity contribution in [3.8, 4) is 0 Å². The van der Waals surface area contributed by atoms with Crippen LogP contribution in [0.25, 0.3) is 6.08 Å². The Bertz CT molecular complexity index is 525. The molecule has 1 fully saturated rings. The molecule has 1 amide bonds. The van der Waals surface area contributed by atoms with Crippen LogP contribution in [0, 0.1) is 5.92 Å². The van der Waals surface area contributed by atoms with Crippen LogP contribution in [0.3, 0.4) is 0 Å². The second-order valence-electron chi connectivity index (χ2n) is 4.61. The molecule has 1 unspecified atom stereocenters. The first-order chi connectivity index (χ1) is 9.06. The second-order valence-corrected chi connectivity index (χ2v) is 4.61. The Balaban J connectivity index is 1.96. The molecule has 100 valence electrons. The molecule has 5 heteroatoms. The van der Waals surface area contributed by atoms with E-state index in [4.69, 9.17) is 10.8 Å². The van der Waals surface area contributed by atoms with Gasteiger partial charge in [0.2, 0.25) is 5.91 Å². The minimum Gasteiger partial charge on any atom is -0.481 e. The normalized spacial score (nSPS) is 18.9. The Morgan fingerprint density at radius 2 is 2.21 bits per heavy atom. The van der Waals surface area contributed by atoms with Gasteiger partial charge in [0.25, 0.3) is 0 Å². The molecular formula is C14H16N2O3. The molecule has 5 nitrogen and oxygen atoms in total. The number of anilines is 1. The van der Waals surface area contributed by atoms with Gasteiger partial charge in [-0.3, -0.25) is 9.59 Å². The fourth-order valence-corrected chi connectivity index (χ4v) is 2.10. The van der Waals surface area contributed by atoms with E-state index in [0.717, 1.165) is 5.56 Å². The average Bonchev–Trinajstić information content (AvgIpc) is 2.86. The zero-order valence-electron chi connectivity index (χ0n) is 10.5. The molecular weight excluding hydrogens is 244 g/mol. The third kappa shape index (κ3) is 3.34. The molecule has 1 aromatic rings. The number of carboxylic acid groups (broad SMARTS) is 1. The van der Waals surface area contributed by atoms with Gasteiger partial charge < -0.3 is 15.7 Å². The summed E-state index contributed by atoms with van der Waals surface area (Å²) in [6, 6.07) is 7.21. The first kappa shape index (κ1) is 13.1. The fraction of sp³-hybridized carbons (Fsp3) is 0.286. The smallest absolute Gasteiger partial charge is 0.308 e. The maximum atomic E-state index is 11.9. The number of rotatable bonds is 3. The summed E-state index contributed by atoms with van der Waals surface area (Å²) >= 11 is 0. The number of carboxylic acids is 1. The number of nitrogens with two attached hydrogens (primary N) is 1. The van der Waals surface area contributed by atoms with Gasteiger partial charge in [0.05, 0.1) is 5.92 Å². The maximum absolute atomic E-state index is 11.9. The molecule has 1 aliphatic rings. The van der Waals surface area contributed by atoms with Crippen molar-refractivity contribution in [2.45, 2.75) is 6.42 Å². The van der Waals surface area contributed by atoms with E-state index in [0.29, 0.717) is 18.7 Å². The highest BCUT2D eigenvalue weighted by atomic mass is 16.4. The first-order valence-electron chi connectivity index (χ1n) is 6.11. The van der Waals surface area contributed by atoms with Crippen LogP contribution in [0.5, 0.6) is 0 Å². The van der Waals surface area contributed by atoms with Crippen molar-refractivity contribution in [1.29, 1.82) is 0 Å². The molecule has 0 radical (unpaired) electrons. The summed E-state index contributed by atoms with van der Waals surface area (Å²) in [6.07, 6.45) is 3.67. The lowest BCUT2D eigenvalue weighted by Crippen LogP contribution is -2.28. The van der Waals surface area contributed by atoms with E-state index in [1.165, 1.54) is 6.08 Å². The first-order valence-corrected chi connectivity index (χ1v) is 6.11. The van der Waals surface area contributed by atoms with Gasteiger partial charge in [-0.25, -0.2) is 0 Å². The van der Waals surface area contributed by atoms with Gasteiger partial charge in [-0.1, -0.05) is 12.1 Å². The second kappa shape index (κ2) is 5.56. The van der Waals surface area contributed by atoms with Crippen molar-refractivity contribution in [3.05, 3.63) is 35.9 Å². The van der Waals surface area contributed by atoms with Crippen molar-refractivity contribution in [2.24, 2.45) is 5.92 Å². The molecule has 1 aliphatic heterocycles. The Labute approximate surface area is 111 Å². The average molecular weight is 260 g/mol. The van der Waals surface area contributed by atoms with E-state index in [1.54, 1.807) is 23.1 Å². The maximum Gasteiger partial charge on any atom is 0.308 e. The topological polar surface area (TPSA) is 83.6 Å². The number of hydrogen-bond donors (Lipinski definition) is 2. The summed E-state index contributed by atoms with van der Waals surface area (Å²) in [4.78, 5) is 24.3. The lowest BCUT2D eigenvalue weighted by atomic mass is 10.1. The predicted molar refractivity (Wildman–Crippen MR) is 72.2 cm³/mol. The van der Waals surface area contributed by atoms with Gasteiger partial charge in [-0.15, -0.1) is 0 Å². The van der Waals surface area contributed by atoms with Crippen LogP contribution >= 0.6 is 0 Å². The SMILES string of the molecule is Nc1cccc(/C=C/C(=O)N2CCC(C(=O)O)C2)c1. The molecule has 2 rings (SSSR count). The molecule has 1 aromatic carbocycles. The summed E-state index contributed by atoms with van der Waals surface area (Å²) in [5.41, 5.74) is 7.13. The minimum absolute atomic E-state index is 0.161. The van der Waals surface area contributed by atoms with E-state index in [1.807, 2.05) is 12.1 Å². The summed E-state index contributed by atoms with van der Waals surface area (Å²) in [5, 5.41) is 8.88. The van der Waals surface area contributed by atoms with E-state index in [-0.39, 0.29) is 12.5 Å². The standard InChI is InChI=1S/C14H16N2O3/c15-12-3-1-2-10(8-12)4-5-13(17)16-7-6-11(9-16)14(18)19/h1-5,8,11H,6-7,9,15H2,(H,18,19)/b5-4+. The van der Waals surface area contributed by atoms with Gasteiger partial charge in [0.15, 0.2) is 0 Å². The lowest BCUT2D eigenvalue weighted by molar-refractivity contribution is -0.141. The number of amides is 1. The fourth-order valence-electron chi connectivity index (χ4n) is 2.10. The Morgan fingerprint density at radius 1 is 1.42 bits per heavy atom. The van der Waals surface area contributed by atoms with E-state index in [9.17, 15) is 9.59 Å². The molecule has 1 heterocycles. The molecule has 0 spiro atoms. The highest BCUT2D eigenvalue weighted by Crippen LogP contribution is 2.17. The molecule has 19 heavy (non-hydrogen) atoms. The highest BCUT2D eigenvalue weighted by Gasteiger charge is 2.29. The number of nitrogen functional groups attached to an aromatic ring is 1. The van der Waals surface area contributed by atoms with E-state index in [2.05, 4.69) is 0 Å². The highest BCUT2D eigenvalue weighted by molar-refractivity contribution is 5.92. The minimum atomic E-state index is -0.838. The van der Waals surface area contributed by atoms with Crippen LogP contribution in [-0.2, 0) is 9.59 Å². The van der Waals surface area contributed by atoms with Crippen molar-refractivity contribution in [3.63, 3.8) is 0 Å². The zero-order valence-corrected chi connectivity index (χ0v) is 10.5. The quantitative estimate of drug-likeness (QED) is 0.632. The predicted octanol–water partition coefficient (Wildman–Crippen LogP) is 1.22. The Hall–Kier alpha value is -2.30. The van der Waals surface area contributed by atoms with E-state index >= 15 is 0 Å². The number of likely N-dealkylation sites (tertiary alicyclic amines) is 1. The zero-order chi connectivity index (χ0) is 13.8. The molecule has 1 saturated heterocycles. The lowest BCUT2D eigenvalue weighted by Gasteiger charge is -2.12. The molecule has 0 aliphatic carbocycles. The van der Waals surface area contributed by atoms with Crippen molar-refractivity contribution in [2.75, 3.05) is 18.8 Å². The molecule has 0 bridgehead atoms. The van der Waals surface area contributed by atoms with Crippen LogP contribution in [0.1, 0.15) is 12.0 Å². The van der Waals surface area contributed by atoms with E-state index < -0.39 is 11.9 Å². The number of carbonyl (C=O) groups excluding carboxylic acids is 1. The number of carbonyl (C=O) groups is 2. The van der Waals surface area contributed by atoms with Gasteiger partial charge in [-0.05, 0) is 30.2 Å². The summed E-state index contributed by atoms with van der Waals surface area (Å²) in [7, 11) is 0. The van der Waals surface area contributed by atoms with Gasteiger partial charge in [0, 0.05) is 24.9 Å². The molecule has 0 saturated carbocycles. The van der Waals surface area contributed by atoms with Gasteiger partial charge >= 0.3 is 5.97 Å². The molecule has 3 N–H and O–H groups in total. The monoisotopic (exact) mass is 260 g/mol. The van der Waals surface area contributed by atoms with Crippen LogP contribution in [-0.4, -0.2) is 35.0 Å². The van der Waals surface area contributed by atoms with Crippen molar-refractivity contribution < 1.29 is 14.7 Å². The summed E-state index contributed by atoms with van der Waals surface area (Å²) < 4.78 is 0. The Kier molecular flexibility index (Phi) is 3.85. The molecule has 1 atom stereocenters. The number of hydrogen-bond acceptors (Lipinski definition) is 3. The van der Waals surface area contributed by atoms with Crippen molar-refractivity contribution >= 4 is 23.6 Å². The molecule has 0 aromatic heterocycles. The van der Waals surface area contributed by atoms with Crippen LogP contribution < -0.4 is 5.73 Å². The number of aliphatic carboxylic acids is 1.